The SMILES string of the molecule is C[C@H]1C(CS(=O)(=O)c2ccccc2)[C@]2(C)CC[C@@]1(C)O2. The molecule has 4 heteroatoms. The minimum Gasteiger partial charge on any atom is -0.368 e. The van der Waals surface area contributed by atoms with Crippen LogP contribution in [0.4, 0.5) is 0 Å². The van der Waals surface area contributed by atoms with Crippen molar-refractivity contribution in [3.8, 4) is 0 Å². The van der Waals surface area contributed by atoms with E-state index in [9.17, 15) is 8.42 Å². The number of hydrogen-bond donors (Lipinski definition) is 0. The first kappa shape index (κ1) is 14.1. The van der Waals surface area contributed by atoms with Gasteiger partial charge < -0.3 is 4.74 Å². The monoisotopic (exact) mass is 294 g/mol. The highest BCUT2D eigenvalue weighted by Crippen LogP contribution is 2.57. The summed E-state index contributed by atoms with van der Waals surface area (Å²) in [5.41, 5.74) is -0.429. The van der Waals surface area contributed by atoms with E-state index in [1.807, 2.05) is 6.07 Å². The van der Waals surface area contributed by atoms with Gasteiger partial charge in [-0.15, -0.1) is 0 Å². The minimum atomic E-state index is -3.24. The second-order valence-electron chi connectivity index (χ2n) is 6.72. The van der Waals surface area contributed by atoms with Crippen LogP contribution in [0, 0.1) is 11.8 Å². The van der Waals surface area contributed by atoms with Crippen LogP contribution in [0.2, 0.25) is 0 Å². The Morgan fingerprint density at radius 1 is 1.15 bits per heavy atom. The highest BCUT2D eigenvalue weighted by atomic mass is 32.2. The van der Waals surface area contributed by atoms with Crippen LogP contribution in [0.1, 0.15) is 33.6 Å². The normalized spacial score (nSPS) is 40.1. The van der Waals surface area contributed by atoms with E-state index in [0.29, 0.717) is 4.90 Å². The van der Waals surface area contributed by atoms with Crippen LogP contribution in [0.15, 0.2) is 35.2 Å². The lowest BCUT2D eigenvalue weighted by molar-refractivity contribution is -0.0409. The average molecular weight is 294 g/mol. The van der Waals surface area contributed by atoms with Crippen molar-refractivity contribution in [1.29, 1.82) is 0 Å². The molecule has 2 aliphatic heterocycles. The van der Waals surface area contributed by atoms with Gasteiger partial charge in [0.05, 0.1) is 21.9 Å². The summed E-state index contributed by atoms with van der Waals surface area (Å²) in [6.45, 7) is 6.33. The molecule has 2 fully saturated rings. The third-order valence-corrected chi connectivity index (χ3v) is 7.22. The van der Waals surface area contributed by atoms with Crippen LogP contribution in [0.5, 0.6) is 0 Å². The molecule has 3 rings (SSSR count). The number of fused-ring (bicyclic) bond motifs is 2. The summed E-state index contributed by atoms with van der Waals surface area (Å²) in [5.74, 6) is 0.538. The molecule has 0 aliphatic carbocycles. The Morgan fingerprint density at radius 2 is 1.75 bits per heavy atom. The summed E-state index contributed by atoms with van der Waals surface area (Å²) in [6, 6.07) is 8.74. The van der Waals surface area contributed by atoms with Crippen molar-refractivity contribution in [2.45, 2.75) is 49.7 Å². The molecule has 3 nitrogen and oxygen atoms in total. The van der Waals surface area contributed by atoms with Crippen LogP contribution < -0.4 is 0 Å². The zero-order valence-corrected chi connectivity index (χ0v) is 13.1. The number of hydrogen-bond acceptors (Lipinski definition) is 3. The molecule has 4 atom stereocenters. The van der Waals surface area contributed by atoms with E-state index in [0.717, 1.165) is 12.8 Å². The summed E-state index contributed by atoms with van der Waals surface area (Å²) in [4.78, 5) is 0.420. The molecule has 0 radical (unpaired) electrons. The molecule has 1 aromatic rings. The Bertz CT molecular complexity index is 610. The van der Waals surface area contributed by atoms with E-state index in [2.05, 4.69) is 20.8 Å². The lowest BCUT2D eigenvalue weighted by Gasteiger charge is -2.34. The topological polar surface area (TPSA) is 43.4 Å². The predicted molar refractivity (Wildman–Crippen MR) is 78.3 cm³/mol. The van der Waals surface area contributed by atoms with Gasteiger partial charge in [0.25, 0.3) is 0 Å². The van der Waals surface area contributed by atoms with E-state index in [1.165, 1.54) is 0 Å². The van der Waals surface area contributed by atoms with Crippen LogP contribution in [-0.2, 0) is 14.6 Å². The van der Waals surface area contributed by atoms with Gasteiger partial charge in [-0.3, -0.25) is 0 Å². The molecule has 110 valence electrons. The molecular weight excluding hydrogens is 272 g/mol. The highest BCUT2D eigenvalue weighted by Gasteiger charge is 2.61. The molecule has 1 unspecified atom stereocenters. The van der Waals surface area contributed by atoms with Crippen molar-refractivity contribution >= 4 is 9.84 Å². The highest BCUT2D eigenvalue weighted by molar-refractivity contribution is 7.91. The summed E-state index contributed by atoms with van der Waals surface area (Å²) >= 11 is 0. The fourth-order valence-electron chi connectivity index (χ4n) is 3.95. The molecule has 0 N–H and O–H groups in total. The maximum Gasteiger partial charge on any atom is 0.178 e. The van der Waals surface area contributed by atoms with Crippen molar-refractivity contribution in [3.05, 3.63) is 30.3 Å². The fourth-order valence-corrected chi connectivity index (χ4v) is 5.83. The summed E-state index contributed by atoms with van der Waals surface area (Å²) in [5, 5.41) is 0. The van der Waals surface area contributed by atoms with Gasteiger partial charge in [0.1, 0.15) is 0 Å². The molecule has 0 aromatic heterocycles. The Balaban J connectivity index is 1.89. The predicted octanol–water partition coefficient (Wildman–Crippen LogP) is 3.05. The van der Waals surface area contributed by atoms with Gasteiger partial charge >= 0.3 is 0 Å². The Morgan fingerprint density at radius 3 is 2.30 bits per heavy atom. The first-order valence-electron chi connectivity index (χ1n) is 7.25. The van der Waals surface area contributed by atoms with Crippen molar-refractivity contribution in [3.63, 3.8) is 0 Å². The van der Waals surface area contributed by atoms with E-state index >= 15 is 0 Å². The summed E-state index contributed by atoms with van der Waals surface area (Å²) in [6.07, 6.45) is 2.00. The van der Waals surface area contributed by atoms with E-state index in [-0.39, 0.29) is 28.8 Å². The second-order valence-corrected chi connectivity index (χ2v) is 8.75. The van der Waals surface area contributed by atoms with Crippen molar-refractivity contribution in [1.82, 2.24) is 0 Å². The van der Waals surface area contributed by atoms with Crippen LogP contribution in [0.25, 0.3) is 0 Å². The third kappa shape index (κ3) is 2.01. The van der Waals surface area contributed by atoms with Gasteiger partial charge in [0, 0.05) is 5.92 Å². The van der Waals surface area contributed by atoms with Crippen LogP contribution >= 0.6 is 0 Å². The lowest BCUT2D eigenvalue weighted by atomic mass is 9.69. The van der Waals surface area contributed by atoms with Gasteiger partial charge in [-0.1, -0.05) is 25.1 Å². The molecule has 0 saturated carbocycles. The molecule has 2 bridgehead atoms. The molecule has 1 aromatic carbocycles. The number of rotatable bonds is 3. The van der Waals surface area contributed by atoms with Crippen LogP contribution in [-0.4, -0.2) is 25.4 Å². The number of benzene rings is 1. The lowest BCUT2D eigenvalue weighted by Crippen LogP contribution is -2.40. The molecule has 2 saturated heterocycles. The molecule has 0 spiro atoms. The number of ether oxygens (including phenoxy) is 1. The Hall–Kier alpha value is -0.870. The zero-order chi connectivity index (χ0) is 14.6. The molecule has 2 aliphatic rings. The number of sulfone groups is 1. The van der Waals surface area contributed by atoms with E-state index in [1.54, 1.807) is 24.3 Å². The summed E-state index contributed by atoms with van der Waals surface area (Å²) < 4.78 is 31.4. The second kappa shape index (κ2) is 4.31. The van der Waals surface area contributed by atoms with Crippen molar-refractivity contribution < 1.29 is 13.2 Å². The van der Waals surface area contributed by atoms with Gasteiger partial charge in [-0.05, 0) is 44.7 Å². The van der Waals surface area contributed by atoms with Gasteiger partial charge in [-0.25, -0.2) is 8.42 Å². The zero-order valence-electron chi connectivity index (χ0n) is 12.3. The van der Waals surface area contributed by atoms with Crippen molar-refractivity contribution in [2.24, 2.45) is 11.8 Å². The third-order valence-electron chi connectivity index (χ3n) is 5.44. The standard InChI is InChI=1S/C16H22O3S/c1-12-14(16(3)10-9-15(12,2)19-16)11-20(17,18)13-7-5-4-6-8-13/h4-8,12,14H,9-11H2,1-3H3/t12-,14?,15+,16-/m0/s1. The fraction of sp³-hybridized carbons (Fsp3) is 0.625. The summed E-state index contributed by atoms with van der Waals surface area (Å²) in [7, 11) is -3.24. The van der Waals surface area contributed by atoms with Gasteiger partial charge in [0.2, 0.25) is 0 Å². The quantitative estimate of drug-likeness (QED) is 0.860. The molecular formula is C16H22O3S. The molecule has 20 heavy (non-hydrogen) atoms. The molecule has 2 heterocycles. The largest absolute Gasteiger partial charge is 0.368 e. The smallest absolute Gasteiger partial charge is 0.178 e. The Kier molecular flexibility index (Phi) is 3.04. The van der Waals surface area contributed by atoms with E-state index < -0.39 is 9.84 Å². The Labute approximate surface area is 121 Å². The molecule has 0 amide bonds. The van der Waals surface area contributed by atoms with Crippen molar-refractivity contribution in [2.75, 3.05) is 5.75 Å². The minimum absolute atomic E-state index is 0.0754. The first-order valence-corrected chi connectivity index (χ1v) is 8.90. The van der Waals surface area contributed by atoms with Crippen LogP contribution in [0.3, 0.4) is 0 Å². The van der Waals surface area contributed by atoms with E-state index in [4.69, 9.17) is 4.74 Å². The maximum absolute atomic E-state index is 12.6. The first-order chi connectivity index (χ1) is 9.27. The average Bonchev–Trinajstić information content (AvgIpc) is 2.82. The maximum atomic E-state index is 12.6. The van der Waals surface area contributed by atoms with Gasteiger partial charge in [0.15, 0.2) is 9.84 Å². The van der Waals surface area contributed by atoms with Gasteiger partial charge in [-0.2, -0.15) is 0 Å².